The number of hydrogen-bond donors (Lipinski definition) is 0. The maximum Gasteiger partial charge on any atom is 0.337 e. The molecule has 0 aromatic heterocycles. The number of benzene rings is 2. The first-order valence-electron chi connectivity index (χ1n) is 11.4. The van der Waals surface area contributed by atoms with Crippen LogP contribution in [0.3, 0.4) is 0 Å². The molecular weight excluding hydrogens is 363 g/mol. The molecule has 2 nitrogen and oxygen atoms in total. The molecule has 2 aliphatic carbocycles. The number of carbonyl (C=O) groups excluding carboxylic acids is 1. The van der Waals surface area contributed by atoms with Crippen molar-refractivity contribution in [3.05, 3.63) is 47.3 Å². The minimum absolute atomic E-state index is 0.269. The van der Waals surface area contributed by atoms with E-state index in [1.54, 1.807) is 6.07 Å². The lowest BCUT2D eigenvalue weighted by molar-refractivity contribution is 0.0600. The van der Waals surface area contributed by atoms with Gasteiger partial charge in [0.25, 0.3) is 0 Å². The third-order valence-corrected chi connectivity index (χ3v) is 7.51. The lowest BCUT2D eigenvalue weighted by Gasteiger charge is -2.42. The van der Waals surface area contributed by atoms with Gasteiger partial charge in [-0.15, -0.1) is 0 Å². The van der Waals surface area contributed by atoms with E-state index in [9.17, 15) is 9.18 Å². The molecule has 0 N–H and O–H groups in total. The Morgan fingerprint density at radius 1 is 1.07 bits per heavy atom. The van der Waals surface area contributed by atoms with E-state index >= 15 is 0 Å². The van der Waals surface area contributed by atoms with Gasteiger partial charge >= 0.3 is 5.97 Å². The summed E-state index contributed by atoms with van der Waals surface area (Å²) in [5.74, 6) is 2.40. The van der Waals surface area contributed by atoms with Crippen LogP contribution in [0, 0.1) is 23.6 Å². The van der Waals surface area contributed by atoms with Crippen LogP contribution >= 0.6 is 0 Å². The van der Waals surface area contributed by atoms with E-state index in [0.29, 0.717) is 11.3 Å². The summed E-state index contributed by atoms with van der Waals surface area (Å²) in [6, 6.07) is 9.15. The van der Waals surface area contributed by atoms with Gasteiger partial charge in [-0.05, 0) is 84.9 Å². The van der Waals surface area contributed by atoms with Gasteiger partial charge in [-0.3, -0.25) is 0 Å². The Bertz CT molecular complexity index is 874. The zero-order valence-electron chi connectivity index (χ0n) is 17.8. The molecule has 2 saturated carbocycles. The van der Waals surface area contributed by atoms with Crippen LogP contribution in [0.25, 0.3) is 10.8 Å². The average molecular weight is 397 g/mol. The smallest absolute Gasteiger partial charge is 0.337 e. The summed E-state index contributed by atoms with van der Waals surface area (Å²) in [5, 5.41) is 1.37. The number of rotatable bonds is 5. The highest BCUT2D eigenvalue weighted by Gasteiger charge is 2.35. The minimum atomic E-state index is -0.497. The number of carbonyl (C=O) groups is 1. The molecule has 0 amide bonds. The second kappa shape index (κ2) is 8.85. The first-order chi connectivity index (χ1) is 14.1. The predicted octanol–water partition coefficient (Wildman–Crippen LogP) is 7.26. The summed E-state index contributed by atoms with van der Waals surface area (Å²) in [5.41, 5.74) is 1.53. The van der Waals surface area contributed by atoms with E-state index in [2.05, 4.69) is 13.0 Å². The highest BCUT2D eigenvalue weighted by atomic mass is 19.1. The normalized spacial score (nSPS) is 26.9. The van der Waals surface area contributed by atoms with Gasteiger partial charge in [-0.25, -0.2) is 9.18 Å². The van der Waals surface area contributed by atoms with Crippen molar-refractivity contribution in [2.45, 2.75) is 70.6 Å². The first kappa shape index (κ1) is 20.4. The molecule has 0 heterocycles. The highest BCUT2D eigenvalue weighted by Crippen LogP contribution is 2.48. The summed E-state index contributed by atoms with van der Waals surface area (Å²) in [6.45, 7) is 2.29. The van der Waals surface area contributed by atoms with Crippen molar-refractivity contribution in [1.82, 2.24) is 0 Å². The molecule has 2 aromatic rings. The fourth-order valence-electron chi connectivity index (χ4n) is 5.86. The summed E-state index contributed by atoms with van der Waals surface area (Å²) >= 11 is 0. The number of methoxy groups -OCH3 is 1. The topological polar surface area (TPSA) is 26.3 Å². The van der Waals surface area contributed by atoms with Crippen molar-refractivity contribution in [3.8, 4) is 0 Å². The van der Waals surface area contributed by atoms with Crippen molar-refractivity contribution in [2.24, 2.45) is 17.8 Å². The summed E-state index contributed by atoms with van der Waals surface area (Å²) in [7, 11) is 1.32. The fourth-order valence-corrected chi connectivity index (χ4v) is 5.86. The van der Waals surface area contributed by atoms with Crippen LogP contribution < -0.4 is 0 Å². The SMILES string of the molecule is CCCCC1CC[C@@H]2CC(c3ccc4cc(C(=O)OC)cc(F)c4c3)CC[C@H]2C1. The van der Waals surface area contributed by atoms with Crippen LogP contribution in [-0.4, -0.2) is 13.1 Å². The predicted molar refractivity (Wildman–Crippen MR) is 116 cm³/mol. The Morgan fingerprint density at radius 2 is 1.86 bits per heavy atom. The largest absolute Gasteiger partial charge is 0.465 e. The van der Waals surface area contributed by atoms with Gasteiger partial charge in [-0.2, -0.15) is 0 Å². The van der Waals surface area contributed by atoms with Crippen LogP contribution in [0.4, 0.5) is 4.39 Å². The maximum atomic E-state index is 14.7. The zero-order valence-corrected chi connectivity index (χ0v) is 17.8. The van der Waals surface area contributed by atoms with E-state index in [1.165, 1.54) is 76.5 Å². The van der Waals surface area contributed by atoms with E-state index in [0.717, 1.165) is 23.1 Å². The number of unbranched alkanes of at least 4 members (excludes halogenated alkanes) is 1. The summed E-state index contributed by atoms with van der Waals surface area (Å²) in [6.07, 6.45) is 12.1. The second-order valence-electron chi connectivity index (χ2n) is 9.28. The molecular formula is C26H33FO2. The molecule has 2 fully saturated rings. The van der Waals surface area contributed by atoms with E-state index in [-0.39, 0.29) is 11.4 Å². The number of fused-ring (bicyclic) bond motifs is 2. The molecule has 2 unspecified atom stereocenters. The Labute approximate surface area is 173 Å². The Morgan fingerprint density at radius 3 is 2.66 bits per heavy atom. The second-order valence-corrected chi connectivity index (χ2v) is 9.28. The van der Waals surface area contributed by atoms with Gasteiger partial charge in [0, 0.05) is 5.39 Å². The lowest BCUT2D eigenvalue weighted by atomic mass is 9.63. The molecule has 29 heavy (non-hydrogen) atoms. The number of halogens is 1. The summed E-state index contributed by atoms with van der Waals surface area (Å²) < 4.78 is 19.4. The van der Waals surface area contributed by atoms with Crippen LogP contribution in [0.15, 0.2) is 30.3 Å². The van der Waals surface area contributed by atoms with Gasteiger partial charge in [0.15, 0.2) is 0 Å². The molecule has 2 aliphatic rings. The van der Waals surface area contributed by atoms with Crippen LogP contribution in [0.1, 0.15) is 86.6 Å². The monoisotopic (exact) mass is 396 g/mol. The van der Waals surface area contributed by atoms with Gasteiger partial charge in [0.1, 0.15) is 5.82 Å². The molecule has 0 spiro atoms. The molecule has 4 atom stereocenters. The molecule has 0 aliphatic heterocycles. The molecule has 0 radical (unpaired) electrons. The standard InChI is InChI=1S/C26H33FO2/c1-3-4-5-17-6-7-19-13-20(9-8-18(19)12-17)21-10-11-22-14-23(26(28)29-2)16-25(27)24(22)15-21/h10-11,14-20H,3-9,12-13H2,1-2H3/t17?,18-,19+,20?/m0/s1. The summed E-state index contributed by atoms with van der Waals surface area (Å²) in [4.78, 5) is 11.7. The van der Waals surface area contributed by atoms with Crippen molar-refractivity contribution in [1.29, 1.82) is 0 Å². The zero-order chi connectivity index (χ0) is 20.4. The maximum absolute atomic E-state index is 14.7. The number of ether oxygens (including phenoxy) is 1. The molecule has 4 rings (SSSR count). The Kier molecular flexibility index (Phi) is 6.22. The fraction of sp³-hybridized carbons (Fsp3) is 0.577. The molecule has 2 aromatic carbocycles. The van der Waals surface area contributed by atoms with Gasteiger partial charge < -0.3 is 4.74 Å². The lowest BCUT2D eigenvalue weighted by Crippen LogP contribution is -2.30. The van der Waals surface area contributed by atoms with Gasteiger partial charge in [-0.1, -0.05) is 44.7 Å². The Hall–Kier alpha value is -1.90. The molecule has 3 heteroatoms. The molecule has 0 saturated heterocycles. The number of hydrogen-bond acceptors (Lipinski definition) is 2. The Balaban J connectivity index is 1.48. The van der Waals surface area contributed by atoms with Crippen LogP contribution in [0.5, 0.6) is 0 Å². The van der Waals surface area contributed by atoms with Crippen LogP contribution in [-0.2, 0) is 4.74 Å². The third-order valence-electron chi connectivity index (χ3n) is 7.51. The highest BCUT2D eigenvalue weighted by molar-refractivity contribution is 5.95. The van der Waals surface area contributed by atoms with Crippen molar-refractivity contribution < 1.29 is 13.9 Å². The first-order valence-corrected chi connectivity index (χ1v) is 11.4. The third kappa shape index (κ3) is 4.34. The van der Waals surface area contributed by atoms with Crippen LogP contribution in [0.2, 0.25) is 0 Å². The quantitative estimate of drug-likeness (QED) is 0.497. The van der Waals surface area contributed by atoms with Crippen molar-refractivity contribution in [3.63, 3.8) is 0 Å². The van der Waals surface area contributed by atoms with Crippen molar-refractivity contribution in [2.75, 3.05) is 7.11 Å². The molecule has 156 valence electrons. The van der Waals surface area contributed by atoms with Gasteiger partial charge in [0.2, 0.25) is 0 Å². The number of esters is 1. The average Bonchev–Trinajstić information content (AvgIpc) is 2.76. The molecule has 0 bridgehead atoms. The van der Waals surface area contributed by atoms with E-state index in [4.69, 9.17) is 4.74 Å². The van der Waals surface area contributed by atoms with E-state index < -0.39 is 5.97 Å². The minimum Gasteiger partial charge on any atom is -0.465 e. The van der Waals surface area contributed by atoms with Gasteiger partial charge in [0.05, 0.1) is 12.7 Å². The van der Waals surface area contributed by atoms with E-state index in [1.807, 2.05) is 12.1 Å². The van der Waals surface area contributed by atoms with Crippen molar-refractivity contribution >= 4 is 16.7 Å².